The molecule has 23 heavy (non-hydrogen) atoms. The van der Waals surface area contributed by atoms with Crippen LogP contribution in [-0.4, -0.2) is 23.0 Å². The molecule has 0 aliphatic rings. The molecule has 0 unspecified atom stereocenters. The van der Waals surface area contributed by atoms with Gasteiger partial charge in [-0.1, -0.05) is 30.3 Å². The van der Waals surface area contributed by atoms with E-state index >= 15 is 0 Å². The number of amides is 2. The number of carbonyl (C=O) groups is 2. The van der Waals surface area contributed by atoms with Gasteiger partial charge < -0.3 is 10.4 Å². The molecule has 0 saturated heterocycles. The number of hydrazine groups is 1. The summed E-state index contributed by atoms with van der Waals surface area (Å²) in [6.07, 6.45) is 0.322. The number of carbonyl (C=O) groups excluding carboxylic acids is 2. The number of rotatable bonds is 6. The molecule has 2 aromatic carbocycles. The minimum absolute atomic E-state index is 0.153. The van der Waals surface area contributed by atoms with Crippen LogP contribution >= 0.6 is 0 Å². The summed E-state index contributed by atoms with van der Waals surface area (Å²) in [4.78, 5) is 23.6. The van der Waals surface area contributed by atoms with E-state index in [0.29, 0.717) is 6.42 Å². The molecule has 0 heterocycles. The van der Waals surface area contributed by atoms with Crippen molar-refractivity contribution in [3.8, 4) is 5.75 Å². The van der Waals surface area contributed by atoms with E-state index in [0.717, 1.165) is 11.3 Å². The van der Waals surface area contributed by atoms with Crippen LogP contribution in [0.5, 0.6) is 5.75 Å². The van der Waals surface area contributed by atoms with Crippen molar-refractivity contribution in [3.05, 3.63) is 60.2 Å². The summed E-state index contributed by atoms with van der Waals surface area (Å²) in [5.41, 5.74) is 6.96. The Morgan fingerprint density at radius 3 is 2.30 bits per heavy atom. The van der Waals surface area contributed by atoms with E-state index in [1.165, 1.54) is 6.92 Å². The molecule has 120 valence electrons. The van der Waals surface area contributed by atoms with Gasteiger partial charge in [0.15, 0.2) is 0 Å². The third kappa shape index (κ3) is 5.35. The highest BCUT2D eigenvalue weighted by Crippen LogP contribution is 2.11. The molecule has 2 aromatic rings. The Morgan fingerprint density at radius 1 is 1.04 bits per heavy atom. The van der Waals surface area contributed by atoms with E-state index in [9.17, 15) is 14.7 Å². The average Bonchev–Trinajstić information content (AvgIpc) is 2.54. The van der Waals surface area contributed by atoms with Crippen LogP contribution in [0.4, 0.5) is 5.69 Å². The Balaban J connectivity index is 2.00. The summed E-state index contributed by atoms with van der Waals surface area (Å²) in [6.45, 7) is 1.36. The van der Waals surface area contributed by atoms with Gasteiger partial charge in [-0.15, -0.1) is 0 Å². The Bertz CT molecular complexity index is 657. The SMILES string of the molecule is CC(=O)N[C@@H](Cc1ccc(O)cc1)C(=O)NNc1ccccc1. The summed E-state index contributed by atoms with van der Waals surface area (Å²) in [7, 11) is 0. The van der Waals surface area contributed by atoms with Crippen LogP contribution in [-0.2, 0) is 16.0 Å². The first-order valence-electron chi connectivity index (χ1n) is 7.20. The monoisotopic (exact) mass is 313 g/mol. The van der Waals surface area contributed by atoms with Crippen molar-refractivity contribution < 1.29 is 14.7 Å². The minimum atomic E-state index is -0.715. The molecule has 0 radical (unpaired) electrons. The average molecular weight is 313 g/mol. The lowest BCUT2D eigenvalue weighted by molar-refractivity contribution is -0.127. The molecule has 0 aromatic heterocycles. The normalized spacial score (nSPS) is 11.3. The van der Waals surface area contributed by atoms with E-state index in [1.807, 2.05) is 30.3 Å². The smallest absolute Gasteiger partial charge is 0.261 e. The van der Waals surface area contributed by atoms with Crippen LogP contribution in [0.1, 0.15) is 12.5 Å². The summed E-state index contributed by atoms with van der Waals surface area (Å²) in [5, 5.41) is 11.9. The second kappa shape index (κ2) is 7.84. The van der Waals surface area contributed by atoms with E-state index < -0.39 is 6.04 Å². The fourth-order valence-electron chi connectivity index (χ4n) is 2.06. The molecule has 0 saturated carbocycles. The fourth-order valence-corrected chi connectivity index (χ4v) is 2.06. The van der Waals surface area contributed by atoms with E-state index in [2.05, 4.69) is 16.2 Å². The van der Waals surface area contributed by atoms with Crippen LogP contribution < -0.4 is 16.2 Å². The van der Waals surface area contributed by atoms with E-state index in [1.54, 1.807) is 24.3 Å². The van der Waals surface area contributed by atoms with Gasteiger partial charge in [-0.05, 0) is 29.8 Å². The van der Waals surface area contributed by atoms with Crippen LogP contribution in [0.15, 0.2) is 54.6 Å². The first-order chi connectivity index (χ1) is 11.0. The molecule has 6 nitrogen and oxygen atoms in total. The van der Waals surface area contributed by atoms with Gasteiger partial charge in [0.1, 0.15) is 11.8 Å². The first-order valence-corrected chi connectivity index (χ1v) is 7.20. The lowest BCUT2D eigenvalue weighted by Crippen LogP contribution is -2.48. The summed E-state index contributed by atoms with van der Waals surface area (Å²) < 4.78 is 0. The lowest BCUT2D eigenvalue weighted by Gasteiger charge is -2.18. The molecule has 6 heteroatoms. The third-order valence-corrected chi connectivity index (χ3v) is 3.17. The second-order valence-corrected chi connectivity index (χ2v) is 5.10. The fraction of sp³-hybridized carbons (Fsp3) is 0.176. The van der Waals surface area contributed by atoms with Crippen LogP contribution in [0.2, 0.25) is 0 Å². The predicted octanol–water partition coefficient (Wildman–Crippen LogP) is 1.58. The molecule has 0 bridgehead atoms. The molecule has 4 N–H and O–H groups in total. The third-order valence-electron chi connectivity index (χ3n) is 3.17. The van der Waals surface area contributed by atoms with Crippen molar-refractivity contribution in [2.45, 2.75) is 19.4 Å². The van der Waals surface area contributed by atoms with Crippen molar-refractivity contribution in [2.24, 2.45) is 0 Å². The molecular formula is C17H19N3O3. The number of benzene rings is 2. The number of hydrogen-bond acceptors (Lipinski definition) is 4. The molecule has 0 spiro atoms. The maximum atomic E-state index is 12.3. The van der Waals surface area contributed by atoms with Gasteiger partial charge in [0.25, 0.3) is 5.91 Å². The highest BCUT2D eigenvalue weighted by atomic mass is 16.3. The van der Waals surface area contributed by atoms with Crippen LogP contribution in [0.25, 0.3) is 0 Å². The molecule has 2 rings (SSSR count). The number of anilines is 1. The summed E-state index contributed by atoms with van der Waals surface area (Å²) >= 11 is 0. The van der Waals surface area contributed by atoms with Crippen molar-refractivity contribution in [2.75, 3.05) is 5.43 Å². The maximum absolute atomic E-state index is 12.3. The van der Waals surface area contributed by atoms with Gasteiger partial charge in [0.05, 0.1) is 5.69 Å². The quantitative estimate of drug-likeness (QED) is 0.610. The highest BCUT2D eigenvalue weighted by molar-refractivity contribution is 5.87. The zero-order chi connectivity index (χ0) is 16.7. The van der Waals surface area contributed by atoms with Gasteiger partial charge in [0.2, 0.25) is 5.91 Å². The van der Waals surface area contributed by atoms with Crippen molar-refractivity contribution >= 4 is 17.5 Å². The summed E-state index contributed by atoms with van der Waals surface area (Å²) in [6, 6.07) is 15.0. The van der Waals surface area contributed by atoms with Crippen molar-refractivity contribution in [1.82, 2.24) is 10.7 Å². The maximum Gasteiger partial charge on any atom is 0.261 e. The van der Waals surface area contributed by atoms with Gasteiger partial charge in [-0.25, -0.2) is 0 Å². The lowest BCUT2D eigenvalue weighted by atomic mass is 10.1. The van der Waals surface area contributed by atoms with Gasteiger partial charge in [-0.2, -0.15) is 0 Å². The number of para-hydroxylation sites is 1. The standard InChI is InChI=1S/C17H19N3O3/c1-12(21)18-16(11-13-7-9-15(22)10-8-13)17(23)20-19-14-5-3-2-4-6-14/h2-10,16,19,22H,11H2,1H3,(H,18,21)(H,20,23)/t16-/m0/s1. The second-order valence-electron chi connectivity index (χ2n) is 5.10. The van der Waals surface area contributed by atoms with Gasteiger partial charge in [0, 0.05) is 13.3 Å². The van der Waals surface area contributed by atoms with Crippen molar-refractivity contribution in [1.29, 1.82) is 0 Å². The molecule has 1 atom stereocenters. The largest absolute Gasteiger partial charge is 0.508 e. The van der Waals surface area contributed by atoms with Gasteiger partial charge >= 0.3 is 0 Å². The number of phenolic OH excluding ortho intramolecular Hbond substituents is 1. The zero-order valence-corrected chi connectivity index (χ0v) is 12.7. The van der Waals surface area contributed by atoms with Crippen LogP contribution in [0, 0.1) is 0 Å². The predicted molar refractivity (Wildman–Crippen MR) is 87.6 cm³/mol. The number of hydrogen-bond donors (Lipinski definition) is 4. The minimum Gasteiger partial charge on any atom is -0.508 e. The highest BCUT2D eigenvalue weighted by Gasteiger charge is 2.19. The number of aromatic hydroxyl groups is 1. The Hall–Kier alpha value is -3.02. The number of nitrogens with one attached hydrogen (secondary N) is 3. The molecular weight excluding hydrogens is 294 g/mol. The Morgan fingerprint density at radius 2 is 1.70 bits per heavy atom. The molecule has 2 amide bonds. The number of phenols is 1. The Kier molecular flexibility index (Phi) is 5.57. The van der Waals surface area contributed by atoms with Crippen molar-refractivity contribution in [3.63, 3.8) is 0 Å². The first kappa shape index (κ1) is 16.4. The molecule has 0 fully saturated rings. The zero-order valence-electron chi connectivity index (χ0n) is 12.7. The van der Waals surface area contributed by atoms with E-state index in [-0.39, 0.29) is 17.6 Å². The van der Waals surface area contributed by atoms with Gasteiger partial charge in [-0.3, -0.25) is 20.4 Å². The molecule has 0 aliphatic heterocycles. The topological polar surface area (TPSA) is 90.5 Å². The van der Waals surface area contributed by atoms with Crippen LogP contribution in [0.3, 0.4) is 0 Å². The summed E-state index contributed by atoms with van der Waals surface area (Å²) in [5.74, 6) is -0.485. The Labute approximate surface area is 134 Å². The van der Waals surface area contributed by atoms with E-state index in [4.69, 9.17) is 0 Å². The molecule has 0 aliphatic carbocycles.